The smallest absolute Gasteiger partial charge is 0.311 e. The number of ether oxygens (including phenoxy) is 1. The average Bonchev–Trinajstić information content (AvgIpc) is 2.36. The predicted molar refractivity (Wildman–Crippen MR) is 76.1 cm³/mol. The molecule has 1 N–H and O–H groups in total. The van der Waals surface area contributed by atoms with Crippen molar-refractivity contribution >= 4 is 5.97 Å². The molecule has 0 aromatic heterocycles. The molecule has 1 aromatic rings. The molecule has 0 saturated carbocycles. The van der Waals surface area contributed by atoms with Crippen molar-refractivity contribution in [2.24, 2.45) is 5.41 Å². The second kappa shape index (κ2) is 11.4. The summed E-state index contributed by atoms with van der Waals surface area (Å²) < 4.78 is 5.16. The zero-order valence-corrected chi connectivity index (χ0v) is 15.9. The van der Waals surface area contributed by atoms with Crippen LogP contribution in [0.5, 0.6) is 0 Å². The summed E-state index contributed by atoms with van der Waals surface area (Å²) in [5.41, 5.74) is 1.07. The minimum atomic E-state index is -0.485. The molecule has 0 spiro atoms. The number of rotatable bonds is 3. The van der Waals surface area contributed by atoms with Gasteiger partial charge in [-0.1, -0.05) is 0 Å². The van der Waals surface area contributed by atoms with Gasteiger partial charge in [0.2, 0.25) is 0 Å². The summed E-state index contributed by atoms with van der Waals surface area (Å²) in [5, 5.41) is 8.93. The number of benzene rings is 1. The molecule has 111 valence electrons. The topological polar surface area (TPSA) is 46.5 Å². The predicted octanol–water partition coefficient (Wildman–Crippen LogP) is 3.30. The minimum Gasteiger partial charge on any atom is -0.463 e. The number of esters is 1. The van der Waals surface area contributed by atoms with Gasteiger partial charge in [-0.15, -0.1) is 11.1 Å². The summed E-state index contributed by atoms with van der Waals surface area (Å²) in [5.74, 6) is -0.231. The van der Waals surface area contributed by atoms with Gasteiger partial charge in [-0.3, -0.25) is 4.79 Å². The molecule has 0 amide bonds. The van der Waals surface area contributed by atoms with Crippen LogP contribution in [0.2, 0.25) is 0 Å². The maximum Gasteiger partial charge on any atom is 0.311 e. The molecule has 0 aliphatic rings. The molecule has 1 rings (SSSR count). The summed E-state index contributed by atoms with van der Waals surface area (Å²) in [6.07, 6.45) is 2.00. The van der Waals surface area contributed by atoms with Gasteiger partial charge in [0.1, 0.15) is 0 Å². The summed E-state index contributed by atoms with van der Waals surface area (Å²) in [6.45, 7) is 9.62. The van der Waals surface area contributed by atoms with Crippen molar-refractivity contribution in [2.45, 2.75) is 47.8 Å². The number of carbonyl (C=O) groups is 1. The Labute approximate surface area is 148 Å². The van der Waals surface area contributed by atoms with Gasteiger partial charge >= 0.3 is 5.97 Å². The Bertz CT molecular complexity index is 384. The first-order valence-electron chi connectivity index (χ1n) is 6.36. The van der Waals surface area contributed by atoms with Crippen LogP contribution in [0.25, 0.3) is 0 Å². The standard InChI is InChI=1S/C13H17O3.C3H7.Y/c1-13(2,3)12(15)16-9-11-6-4-5-10(7-11)8-14;1-3-2;/h4,6-7,14H,8-9H2,1-3H3;3H,1-2H3;/q2*-1;. The summed E-state index contributed by atoms with van der Waals surface area (Å²) in [7, 11) is 0. The van der Waals surface area contributed by atoms with E-state index in [0.29, 0.717) is 5.56 Å². The third kappa shape index (κ3) is 9.63. The van der Waals surface area contributed by atoms with Crippen molar-refractivity contribution < 1.29 is 47.3 Å². The maximum atomic E-state index is 11.5. The largest absolute Gasteiger partial charge is 0.463 e. The molecular formula is C16H24O3Y-2. The Hall–Kier alpha value is -0.246. The van der Waals surface area contributed by atoms with Gasteiger partial charge in [-0.25, -0.2) is 0 Å². The van der Waals surface area contributed by atoms with Crippen molar-refractivity contribution in [3.05, 3.63) is 41.8 Å². The average molecular weight is 353 g/mol. The first-order chi connectivity index (χ1) is 8.85. The first kappa shape index (κ1) is 22.0. The number of aliphatic hydroxyl groups excluding tert-OH is 1. The molecule has 0 aliphatic heterocycles. The van der Waals surface area contributed by atoms with Gasteiger partial charge in [0.05, 0.1) is 12.0 Å². The molecule has 0 unspecified atom stereocenters. The minimum absolute atomic E-state index is 0. The molecule has 1 radical (unpaired) electrons. The van der Waals surface area contributed by atoms with Crippen molar-refractivity contribution in [1.82, 2.24) is 0 Å². The number of aliphatic hydroxyl groups is 1. The maximum absolute atomic E-state index is 11.5. The Kier molecular flexibility index (Phi) is 12.6. The molecule has 0 bridgehead atoms. The fourth-order valence-electron chi connectivity index (χ4n) is 1.12. The molecular weight excluding hydrogens is 329 g/mol. The zero-order valence-electron chi connectivity index (χ0n) is 13.1. The van der Waals surface area contributed by atoms with Gasteiger partial charge in [0, 0.05) is 39.3 Å². The van der Waals surface area contributed by atoms with Gasteiger partial charge in [0.25, 0.3) is 0 Å². The van der Waals surface area contributed by atoms with E-state index >= 15 is 0 Å². The molecule has 20 heavy (non-hydrogen) atoms. The van der Waals surface area contributed by atoms with Gasteiger partial charge in [-0.2, -0.15) is 38.1 Å². The van der Waals surface area contributed by atoms with Crippen LogP contribution < -0.4 is 0 Å². The quantitative estimate of drug-likeness (QED) is 0.670. The van der Waals surface area contributed by atoms with Crippen molar-refractivity contribution in [2.75, 3.05) is 0 Å². The van der Waals surface area contributed by atoms with Crippen LogP contribution in [0, 0.1) is 17.9 Å². The van der Waals surface area contributed by atoms with Gasteiger partial charge in [-0.05, 0) is 20.8 Å². The number of hydrogen-bond donors (Lipinski definition) is 1. The van der Waals surface area contributed by atoms with E-state index in [1.54, 1.807) is 12.1 Å². The van der Waals surface area contributed by atoms with E-state index < -0.39 is 5.41 Å². The summed E-state index contributed by atoms with van der Waals surface area (Å²) >= 11 is 0. The van der Waals surface area contributed by atoms with Crippen molar-refractivity contribution in [3.63, 3.8) is 0 Å². The number of carbonyl (C=O) groups excluding carboxylic acids is 1. The zero-order chi connectivity index (χ0) is 14.9. The van der Waals surface area contributed by atoms with Gasteiger partial charge < -0.3 is 16.3 Å². The van der Waals surface area contributed by atoms with Crippen LogP contribution in [-0.4, -0.2) is 11.1 Å². The van der Waals surface area contributed by atoms with E-state index in [1.807, 2.05) is 47.1 Å². The molecule has 1 aromatic carbocycles. The molecule has 0 saturated heterocycles. The Balaban J connectivity index is 0. The fourth-order valence-corrected chi connectivity index (χ4v) is 1.12. The third-order valence-electron chi connectivity index (χ3n) is 2.08. The third-order valence-corrected chi connectivity index (χ3v) is 2.08. The molecule has 3 nitrogen and oxygen atoms in total. The van der Waals surface area contributed by atoms with Crippen LogP contribution in [0.1, 0.15) is 45.7 Å². The van der Waals surface area contributed by atoms with Crippen molar-refractivity contribution in [1.29, 1.82) is 0 Å². The monoisotopic (exact) mass is 353 g/mol. The van der Waals surface area contributed by atoms with E-state index in [-0.39, 0.29) is 51.9 Å². The first-order valence-corrected chi connectivity index (χ1v) is 6.36. The molecule has 0 fully saturated rings. The van der Waals surface area contributed by atoms with Crippen LogP contribution >= 0.6 is 0 Å². The van der Waals surface area contributed by atoms with E-state index in [0.717, 1.165) is 5.56 Å². The molecule has 0 heterocycles. The fraction of sp³-hybridized carbons (Fsp3) is 0.500. The summed E-state index contributed by atoms with van der Waals surface area (Å²) in [6, 6.07) is 8.19. The van der Waals surface area contributed by atoms with E-state index in [1.165, 1.54) is 0 Å². The van der Waals surface area contributed by atoms with Crippen LogP contribution in [-0.2, 0) is 55.5 Å². The summed E-state index contributed by atoms with van der Waals surface area (Å²) in [4.78, 5) is 11.5. The SMILES string of the molecule is CC(C)(C)C(=O)OCc1cc[c-]c(CO)c1.C[CH-]C.[Y]. The molecule has 4 heteroatoms. The van der Waals surface area contributed by atoms with E-state index in [9.17, 15) is 4.79 Å². The van der Waals surface area contributed by atoms with Gasteiger partial charge in [0.15, 0.2) is 0 Å². The number of hydrogen-bond acceptors (Lipinski definition) is 3. The van der Waals surface area contributed by atoms with Crippen LogP contribution in [0.3, 0.4) is 0 Å². The normalized spacial score (nSPS) is 9.90. The molecule has 0 aliphatic carbocycles. The second-order valence-electron chi connectivity index (χ2n) is 5.28. The van der Waals surface area contributed by atoms with Crippen LogP contribution in [0.15, 0.2) is 18.2 Å². The molecule has 0 atom stereocenters. The second-order valence-corrected chi connectivity index (χ2v) is 5.28. The Morgan fingerprint density at radius 1 is 1.40 bits per heavy atom. The van der Waals surface area contributed by atoms with Crippen LogP contribution in [0.4, 0.5) is 0 Å². The van der Waals surface area contributed by atoms with E-state index in [4.69, 9.17) is 9.84 Å². The van der Waals surface area contributed by atoms with E-state index in [2.05, 4.69) is 6.07 Å². The Morgan fingerprint density at radius 2 is 1.95 bits per heavy atom. The Morgan fingerprint density at radius 3 is 2.40 bits per heavy atom. The van der Waals surface area contributed by atoms with Crippen molar-refractivity contribution in [3.8, 4) is 0 Å².